The minimum atomic E-state index is -1.04. The van der Waals surface area contributed by atoms with E-state index in [2.05, 4.69) is 5.32 Å². The molecule has 0 fully saturated rings. The highest BCUT2D eigenvalue weighted by Gasteiger charge is 2.20. The average Bonchev–Trinajstić information content (AvgIpc) is 2.72. The molecule has 0 bridgehead atoms. The molecule has 1 aromatic rings. The summed E-state index contributed by atoms with van der Waals surface area (Å²) >= 11 is 1.41. The molecule has 0 aliphatic carbocycles. The first-order valence-electron chi connectivity index (χ1n) is 5.31. The van der Waals surface area contributed by atoms with Crippen molar-refractivity contribution in [3.8, 4) is 0 Å². The van der Waals surface area contributed by atoms with Crippen LogP contribution in [0.4, 0.5) is 0 Å². The van der Waals surface area contributed by atoms with E-state index in [1.54, 1.807) is 6.07 Å². The molecule has 1 atom stereocenters. The molecular formula is C11H13NO4S. The van der Waals surface area contributed by atoms with Gasteiger partial charge in [0.25, 0.3) is 5.91 Å². The van der Waals surface area contributed by atoms with E-state index in [-0.39, 0.29) is 5.91 Å². The van der Waals surface area contributed by atoms with Gasteiger partial charge in [0.1, 0.15) is 6.04 Å². The van der Waals surface area contributed by atoms with Crippen molar-refractivity contribution in [2.24, 2.45) is 0 Å². The fourth-order valence-corrected chi connectivity index (χ4v) is 2.64. The SMILES string of the molecule is C[C@@H](NC(=O)c1cc2c(s1)CCOC2)C(=O)O. The third kappa shape index (κ3) is 2.65. The summed E-state index contributed by atoms with van der Waals surface area (Å²) in [5.74, 6) is -1.37. The zero-order valence-electron chi connectivity index (χ0n) is 9.36. The molecule has 0 aromatic carbocycles. The van der Waals surface area contributed by atoms with Gasteiger partial charge in [-0.15, -0.1) is 11.3 Å². The van der Waals surface area contributed by atoms with Crippen molar-refractivity contribution >= 4 is 23.2 Å². The normalized spacial score (nSPS) is 16.1. The number of hydrogen-bond acceptors (Lipinski definition) is 4. The number of carboxylic acids is 1. The number of rotatable bonds is 3. The van der Waals surface area contributed by atoms with Gasteiger partial charge in [-0.2, -0.15) is 0 Å². The van der Waals surface area contributed by atoms with Crippen LogP contribution in [0.15, 0.2) is 6.07 Å². The maximum absolute atomic E-state index is 11.8. The van der Waals surface area contributed by atoms with Gasteiger partial charge in [0, 0.05) is 11.3 Å². The number of nitrogens with one attached hydrogen (secondary N) is 1. The van der Waals surface area contributed by atoms with E-state index in [4.69, 9.17) is 9.84 Å². The molecule has 2 heterocycles. The first kappa shape index (κ1) is 12.1. The van der Waals surface area contributed by atoms with Gasteiger partial charge in [0.05, 0.1) is 18.1 Å². The molecule has 92 valence electrons. The molecule has 2 N–H and O–H groups in total. The Bertz CT molecular complexity index is 431. The fourth-order valence-electron chi connectivity index (χ4n) is 1.59. The summed E-state index contributed by atoms with van der Waals surface area (Å²) < 4.78 is 5.29. The minimum absolute atomic E-state index is 0.334. The Morgan fingerprint density at radius 3 is 3.00 bits per heavy atom. The Morgan fingerprint density at radius 1 is 1.59 bits per heavy atom. The largest absolute Gasteiger partial charge is 0.480 e. The summed E-state index contributed by atoms with van der Waals surface area (Å²) in [5.41, 5.74) is 1.04. The summed E-state index contributed by atoms with van der Waals surface area (Å²) in [4.78, 5) is 24.1. The summed E-state index contributed by atoms with van der Waals surface area (Å²) in [6.45, 7) is 2.66. The van der Waals surface area contributed by atoms with Crippen LogP contribution in [0.2, 0.25) is 0 Å². The monoisotopic (exact) mass is 255 g/mol. The second-order valence-corrected chi connectivity index (χ2v) is 5.03. The van der Waals surface area contributed by atoms with Crippen LogP contribution in [-0.4, -0.2) is 29.6 Å². The minimum Gasteiger partial charge on any atom is -0.480 e. The summed E-state index contributed by atoms with van der Waals surface area (Å²) in [7, 11) is 0. The van der Waals surface area contributed by atoms with E-state index in [9.17, 15) is 9.59 Å². The van der Waals surface area contributed by atoms with E-state index in [0.29, 0.717) is 18.1 Å². The Labute approximate surface area is 102 Å². The van der Waals surface area contributed by atoms with E-state index >= 15 is 0 Å². The molecule has 1 aromatic heterocycles. The van der Waals surface area contributed by atoms with Crippen molar-refractivity contribution in [3.05, 3.63) is 21.4 Å². The molecule has 17 heavy (non-hydrogen) atoms. The van der Waals surface area contributed by atoms with Crippen LogP contribution in [0.3, 0.4) is 0 Å². The number of carbonyl (C=O) groups excluding carboxylic acids is 1. The molecule has 0 saturated carbocycles. The van der Waals surface area contributed by atoms with Gasteiger partial charge in [-0.25, -0.2) is 0 Å². The smallest absolute Gasteiger partial charge is 0.325 e. The van der Waals surface area contributed by atoms with E-state index in [1.807, 2.05) is 0 Å². The third-order valence-corrected chi connectivity index (χ3v) is 3.81. The van der Waals surface area contributed by atoms with Crippen molar-refractivity contribution in [1.82, 2.24) is 5.32 Å². The van der Waals surface area contributed by atoms with Crippen LogP contribution in [0.25, 0.3) is 0 Å². The van der Waals surface area contributed by atoms with Crippen LogP contribution in [0, 0.1) is 0 Å². The highest BCUT2D eigenvalue weighted by molar-refractivity contribution is 7.14. The predicted molar refractivity (Wildman–Crippen MR) is 62.2 cm³/mol. The summed E-state index contributed by atoms with van der Waals surface area (Å²) in [6, 6.07) is 0.904. The lowest BCUT2D eigenvalue weighted by Crippen LogP contribution is -2.37. The van der Waals surface area contributed by atoms with Crippen molar-refractivity contribution in [1.29, 1.82) is 0 Å². The second-order valence-electron chi connectivity index (χ2n) is 3.90. The van der Waals surface area contributed by atoms with Gasteiger partial charge in [-0.1, -0.05) is 0 Å². The number of thiophene rings is 1. The number of aliphatic carboxylic acids is 1. The van der Waals surface area contributed by atoms with Crippen LogP contribution < -0.4 is 5.32 Å². The van der Waals surface area contributed by atoms with Crippen molar-refractivity contribution in [2.45, 2.75) is 26.0 Å². The topological polar surface area (TPSA) is 75.6 Å². The summed E-state index contributed by atoms with van der Waals surface area (Å²) in [5, 5.41) is 11.1. The number of ether oxygens (including phenoxy) is 1. The number of carbonyl (C=O) groups is 2. The lowest BCUT2D eigenvalue weighted by molar-refractivity contribution is -0.138. The molecule has 2 rings (SSSR count). The zero-order valence-corrected chi connectivity index (χ0v) is 10.2. The number of fused-ring (bicyclic) bond motifs is 1. The zero-order chi connectivity index (χ0) is 12.4. The molecule has 0 saturated heterocycles. The maximum atomic E-state index is 11.8. The lowest BCUT2D eigenvalue weighted by atomic mass is 10.2. The predicted octanol–water partition coefficient (Wildman–Crippen LogP) is 1.02. The van der Waals surface area contributed by atoms with E-state index in [0.717, 1.165) is 16.9 Å². The Kier molecular flexibility index (Phi) is 3.44. The molecule has 1 amide bonds. The summed E-state index contributed by atoms with van der Waals surface area (Å²) in [6.07, 6.45) is 0.821. The molecule has 0 unspecified atom stereocenters. The Hall–Kier alpha value is -1.40. The van der Waals surface area contributed by atoms with Crippen LogP contribution >= 0.6 is 11.3 Å². The molecule has 6 heteroatoms. The van der Waals surface area contributed by atoms with Gasteiger partial charge in [0.2, 0.25) is 0 Å². The van der Waals surface area contributed by atoms with Gasteiger partial charge in [-0.05, 0) is 18.6 Å². The van der Waals surface area contributed by atoms with E-state index in [1.165, 1.54) is 18.3 Å². The Balaban J connectivity index is 2.09. The molecule has 1 aliphatic heterocycles. The van der Waals surface area contributed by atoms with Gasteiger partial charge in [-0.3, -0.25) is 9.59 Å². The van der Waals surface area contributed by atoms with Crippen molar-refractivity contribution in [3.63, 3.8) is 0 Å². The van der Waals surface area contributed by atoms with Gasteiger partial charge >= 0.3 is 5.97 Å². The molecule has 0 radical (unpaired) electrons. The number of amides is 1. The maximum Gasteiger partial charge on any atom is 0.325 e. The van der Waals surface area contributed by atoms with Crippen LogP contribution in [-0.2, 0) is 22.6 Å². The Morgan fingerprint density at radius 2 is 2.35 bits per heavy atom. The highest BCUT2D eigenvalue weighted by atomic mass is 32.1. The lowest BCUT2D eigenvalue weighted by Gasteiger charge is -2.10. The quantitative estimate of drug-likeness (QED) is 0.845. The number of hydrogen-bond donors (Lipinski definition) is 2. The third-order valence-electron chi connectivity index (χ3n) is 2.57. The number of carboxylic acid groups (broad SMARTS) is 1. The first-order valence-corrected chi connectivity index (χ1v) is 6.12. The molecule has 0 spiro atoms. The van der Waals surface area contributed by atoms with Crippen molar-refractivity contribution in [2.75, 3.05) is 6.61 Å². The average molecular weight is 255 g/mol. The molecule has 5 nitrogen and oxygen atoms in total. The fraction of sp³-hybridized carbons (Fsp3) is 0.455. The van der Waals surface area contributed by atoms with Gasteiger partial charge < -0.3 is 15.2 Å². The van der Waals surface area contributed by atoms with Crippen LogP contribution in [0.5, 0.6) is 0 Å². The second kappa shape index (κ2) is 4.85. The van der Waals surface area contributed by atoms with Gasteiger partial charge in [0.15, 0.2) is 0 Å². The van der Waals surface area contributed by atoms with Crippen molar-refractivity contribution < 1.29 is 19.4 Å². The molecular weight excluding hydrogens is 242 g/mol. The highest BCUT2D eigenvalue weighted by Crippen LogP contribution is 2.26. The first-order chi connectivity index (χ1) is 8.08. The van der Waals surface area contributed by atoms with Crippen LogP contribution in [0.1, 0.15) is 27.0 Å². The standard InChI is InChI=1S/C11H13NO4S/c1-6(11(14)15)12-10(13)9-4-7-5-16-3-2-8(7)17-9/h4,6H,2-3,5H2,1H3,(H,12,13)(H,14,15)/t6-/m1/s1. The van der Waals surface area contributed by atoms with E-state index < -0.39 is 12.0 Å². The molecule has 1 aliphatic rings.